The van der Waals surface area contributed by atoms with Crippen molar-refractivity contribution in [2.24, 2.45) is 0 Å². The highest BCUT2D eigenvalue weighted by Gasteiger charge is 2.10. The molecule has 7 heteroatoms. The van der Waals surface area contributed by atoms with E-state index < -0.39 is 0 Å². The Balaban J connectivity index is 2.26. The fourth-order valence-corrected chi connectivity index (χ4v) is 1.66. The molecule has 1 heterocycles. The SMILES string of the molecule is CC(=S)NCC1COCCOCCOCCOCCO1. The minimum Gasteiger partial charge on any atom is -0.377 e. The predicted octanol–water partition coefficient (Wildman–Crippen LogP) is 0.389. The van der Waals surface area contributed by atoms with E-state index in [9.17, 15) is 0 Å². The third-order valence-electron chi connectivity index (χ3n) is 2.58. The van der Waals surface area contributed by atoms with Crippen LogP contribution in [-0.4, -0.2) is 77.1 Å². The van der Waals surface area contributed by atoms with E-state index in [-0.39, 0.29) is 6.10 Å². The Kier molecular flexibility index (Phi) is 11.0. The molecular weight excluding hydrogens is 282 g/mol. The maximum atomic E-state index is 5.71. The highest BCUT2D eigenvalue weighted by molar-refractivity contribution is 7.80. The molecule has 0 spiro atoms. The van der Waals surface area contributed by atoms with E-state index in [1.54, 1.807) is 0 Å². The molecule has 1 unspecified atom stereocenters. The van der Waals surface area contributed by atoms with Crippen LogP contribution in [0.5, 0.6) is 0 Å². The zero-order valence-corrected chi connectivity index (χ0v) is 12.9. The van der Waals surface area contributed by atoms with Crippen molar-refractivity contribution in [3.8, 4) is 0 Å². The molecule has 0 radical (unpaired) electrons. The van der Waals surface area contributed by atoms with Gasteiger partial charge in [-0.25, -0.2) is 0 Å². The van der Waals surface area contributed by atoms with Crippen molar-refractivity contribution in [2.45, 2.75) is 13.0 Å². The molecule has 1 saturated heterocycles. The van der Waals surface area contributed by atoms with Gasteiger partial charge in [0.1, 0.15) is 0 Å². The average Bonchev–Trinajstić information content (AvgIpc) is 2.44. The largest absolute Gasteiger partial charge is 0.377 e. The topological polar surface area (TPSA) is 58.2 Å². The molecule has 0 saturated carbocycles. The molecule has 0 amide bonds. The summed E-state index contributed by atoms with van der Waals surface area (Å²) in [6, 6.07) is 0. The molecule has 1 N–H and O–H groups in total. The zero-order valence-electron chi connectivity index (χ0n) is 12.1. The molecular formula is C13H25NO5S. The van der Waals surface area contributed by atoms with Crippen molar-refractivity contribution in [1.29, 1.82) is 0 Å². The Labute approximate surface area is 126 Å². The van der Waals surface area contributed by atoms with Gasteiger partial charge in [-0.05, 0) is 6.92 Å². The molecule has 1 aliphatic rings. The van der Waals surface area contributed by atoms with Crippen LogP contribution in [0.1, 0.15) is 6.92 Å². The number of hydrogen-bond donors (Lipinski definition) is 1. The summed E-state index contributed by atoms with van der Waals surface area (Å²) < 4.78 is 27.4. The first kappa shape index (κ1) is 17.7. The Bertz CT molecular complexity index is 239. The smallest absolute Gasteiger partial charge is 0.0981 e. The van der Waals surface area contributed by atoms with E-state index in [1.165, 1.54) is 0 Å². The Morgan fingerprint density at radius 2 is 1.40 bits per heavy atom. The van der Waals surface area contributed by atoms with Crippen molar-refractivity contribution in [1.82, 2.24) is 5.32 Å². The van der Waals surface area contributed by atoms with Gasteiger partial charge in [0.05, 0.1) is 70.6 Å². The maximum absolute atomic E-state index is 5.71. The van der Waals surface area contributed by atoms with E-state index in [4.69, 9.17) is 35.9 Å². The van der Waals surface area contributed by atoms with E-state index >= 15 is 0 Å². The number of hydrogen-bond acceptors (Lipinski definition) is 6. The zero-order chi connectivity index (χ0) is 14.5. The number of ether oxygens (including phenoxy) is 5. The van der Waals surface area contributed by atoms with Crippen LogP contribution in [0.3, 0.4) is 0 Å². The standard InChI is InChI=1S/C13H25NO5S/c1-12(20)14-10-13-11-18-7-6-16-3-2-15-4-5-17-8-9-19-13/h13H,2-11H2,1H3,(H,14,20). The second-order valence-electron chi connectivity index (χ2n) is 4.34. The van der Waals surface area contributed by atoms with Crippen molar-refractivity contribution < 1.29 is 23.7 Å². The lowest BCUT2D eigenvalue weighted by molar-refractivity contribution is -0.0430. The molecule has 1 atom stereocenters. The number of nitrogens with one attached hydrogen (secondary N) is 1. The minimum absolute atomic E-state index is 0.0436. The van der Waals surface area contributed by atoms with E-state index in [0.29, 0.717) is 66.0 Å². The summed E-state index contributed by atoms with van der Waals surface area (Å²) in [5.74, 6) is 0. The highest BCUT2D eigenvalue weighted by atomic mass is 32.1. The van der Waals surface area contributed by atoms with Gasteiger partial charge in [0.2, 0.25) is 0 Å². The van der Waals surface area contributed by atoms with Crippen LogP contribution < -0.4 is 5.32 Å². The Morgan fingerprint density at radius 1 is 0.900 bits per heavy atom. The second kappa shape index (κ2) is 12.4. The molecule has 0 bridgehead atoms. The first-order valence-electron chi connectivity index (χ1n) is 6.96. The molecule has 1 fully saturated rings. The molecule has 20 heavy (non-hydrogen) atoms. The van der Waals surface area contributed by atoms with E-state index in [1.807, 2.05) is 6.92 Å². The Hall–Kier alpha value is -0.310. The van der Waals surface area contributed by atoms with Gasteiger partial charge in [-0.1, -0.05) is 12.2 Å². The van der Waals surface area contributed by atoms with Gasteiger partial charge in [-0.15, -0.1) is 0 Å². The van der Waals surface area contributed by atoms with Crippen LogP contribution in [0.25, 0.3) is 0 Å². The fraction of sp³-hybridized carbons (Fsp3) is 0.923. The molecule has 0 aromatic rings. The van der Waals surface area contributed by atoms with Crippen LogP contribution in [0.4, 0.5) is 0 Å². The molecule has 1 rings (SSSR count). The minimum atomic E-state index is -0.0436. The third kappa shape index (κ3) is 10.5. The lowest BCUT2D eigenvalue weighted by Crippen LogP contribution is -2.35. The summed E-state index contributed by atoms with van der Waals surface area (Å²) in [6.07, 6.45) is -0.0436. The maximum Gasteiger partial charge on any atom is 0.0981 e. The first-order valence-corrected chi connectivity index (χ1v) is 7.37. The van der Waals surface area contributed by atoms with Crippen molar-refractivity contribution in [2.75, 3.05) is 66.0 Å². The summed E-state index contributed by atoms with van der Waals surface area (Å²) in [5.41, 5.74) is 0. The van der Waals surface area contributed by atoms with Crippen LogP contribution in [0.15, 0.2) is 0 Å². The lowest BCUT2D eigenvalue weighted by atomic mass is 10.3. The first-order chi connectivity index (χ1) is 9.79. The van der Waals surface area contributed by atoms with Crippen molar-refractivity contribution >= 4 is 17.2 Å². The quantitative estimate of drug-likeness (QED) is 0.741. The van der Waals surface area contributed by atoms with Gasteiger partial charge in [-0.2, -0.15) is 0 Å². The summed E-state index contributed by atoms with van der Waals surface area (Å²) in [4.78, 5) is 0.751. The van der Waals surface area contributed by atoms with E-state index in [0.717, 1.165) is 4.99 Å². The fourth-order valence-electron chi connectivity index (χ4n) is 1.57. The molecule has 0 aromatic heterocycles. The van der Waals surface area contributed by atoms with Gasteiger partial charge in [0, 0.05) is 6.54 Å². The van der Waals surface area contributed by atoms with Crippen molar-refractivity contribution in [3.63, 3.8) is 0 Å². The third-order valence-corrected chi connectivity index (χ3v) is 2.72. The van der Waals surface area contributed by atoms with E-state index in [2.05, 4.69) is 5.32 Å². The van der Waals surface area contributed by atoms with Gasteiger partial charge in [0.15, 0.2) is 0 Å². The van der Waals surface area contributed by atoms with Gasteiger partial charge in [-0.3, -0.25) is 0 Å². The summed E-state index contributed by atoms with van der Waals surface area (Å²) in [6.45, 7) is 7.50. The average molecular weight is 307 g/mol. The van der Waals surface area contributed by atoms with Crippen molar-refractivity contribution in [3.05, 3.63) is 0 Å². The molecule has 0 aromatic carbocycles. The van der Waals surface area contributed by atoms with Crippen LogP contribution in [0, 0.1) is 0 Å². The van der Waals surface area contributed by atoms with Crippen LogP contribution >= 0.6 is 12.2 Å². The van der Waals surface area contributed by atoms with Gasteiger partial charge >= 0.3 is 0 Å². The Morgan fingerprint density at radius 3 is 1.95 bits per heavy atom. The van der Waals surface area contributed by atoms with Crippen LogP contribution in [-0.2, 0) is 23.7 Å². The van der Waals surface area contributed by atoms with Gasteiger partial charge in [0.25, 0.3) is 0 Å². The predicted molar refractivity (Wildman–Crippen MR) is 79.3 cm³/mol. The summed E-state index contributed by atoms with van der Waals surface area (Å²) in [7, 11) is 0. The summed E-state index contributed by atoms with van der Waals surface area (Å²) >= 11 is 4.99. The molecule has 118 valence electrons. The molecule has 1 aliphatic heterocycles. The highest BCUT2D eigenvalue weighted by Crippen LogP contribution is 1.95. The number of rotatable bonds is 2. The van der Waals surface area contributed by atoms with Gasteiger partial charge < -0.3 is 29.0 Å². The normalized spacial score (nSPS) is 24.4. The second-order valence-corrected chi connectivity index (χ2v) is 4.95. The molecule has 6 nitrogen and oxygen atoms in total. The monoisotopic (exact) mass is 307 g/mol. The number of thiocarbonyl (C=S) groups is 1. The lowest BCUT2D eigenvalue weighted by Gasteiger charge is -2.19. The molecule has 0 aliphatic carbocycles. The van der Waals surface area contributed by atoms with Crippen LogP contribution in [0.2, 0.25) is 0 Å². The summed E-state index contributed by atoms with van der Waals surface area (Å²) in [5, 5.41) is 3.09.